The van der Waals surface area contributed by atoms with Gasteiger partial charge in [0.2, 0.25) is 5.88 Å². The minimum atomic E-state index is -4.78. The van der Waals surface area contributed by atoms with Crippen LogP contribution in [0.3, 0.4) is 0 Å². The molecule has 14 heavy (non-hydrogen) atoms. The fraction of sp³-hybridized carbons (Fsp3) is 0.250. The second-order valence-electron chi connectivity index (χ2n) is 2.50. The molecule has 1 rings (SSSR count). The zero-order chi connectivity index (χ0) is 10.8. The molecule has 1 aromatic heterocycles. The molecule has 0 fully saturated rings. The smallest absolute Gasteiger partial charge is 0.388 e. The van der Waals surface area contributed by atoms with Crippen LogP contribution in [0.4, 0.5) is 13.2 Å². The average molecular weight is 202 g/mol. The third-order valence-electron chi connectivity index (χ3n) is 1.42. The van der Waals surface area contributed by atoms with E-state index in [-0.39, 0.29) is 5.56 Å². The van der Waals surface area contributed by atoms with Crippen LogP contribution in [-0.4, -0.2) is 11.3 Å². The second kappa shape index (κ2) is 3.54. The Labute approximate surface area is 77.7 Å². The van der Waals surface area contributed by atoms with Crippen LogP contribution in [0.5, 0.6) is 5.88 Å². The molecular weight excluding hydrogens is 197 g/mol. The van der Waals surface area contributed by atoms with Crippen LogP contribution in [0.25, 0.3) is 0 Å². The molecule has 0 atom stereocenters. The summed E-state index contributed by atoms with van der Waals surface area (Å²) in [6.45, 7) is 1.57. The number of hydrogen-bond acceptors (Lipinski definition) is 3. The molecular formula is C8H5F3N2O. The SMILES string of the molecule is Cc1cnc(OC(F)(F)F)cc1C#N. The van der Waals surface area contributed by atoms with Crippen LogP contribution in [-0.2, 0) is 0 Å². The predicted octanol–water partition coefficient (Wildman–Crippen LogP) is 2.16. The van der Waals surface area contributed by atoms with Gasteiger partial charge < -0.3 is 4.74 Å². The van der Waals surface area contributed by atoms with Gasteiger partial charge in [-0.25, -0.2) is 4.98 Å². The molecule has 0 amide bonds. The number of rotatable bonds is 1. The minimum absolute atomic E-state index is 0.110. The number of alkyl halides is 3. The molecule has 0 unspecified atom stereocenters. The first-order valence-electron chi connectivity index (χ1n) is 3.55. The van der Waals surface area contributed by atoms with E-state index in [1.165, 1.54) is 0 Å². The summed E-state index contributed by atoms with van der Waals surface area (Å²) >= 11 is 0. The van der Waals surface area contributed by atoms with E-state index in [0.717, 1.165) is 12.3 Å². The first kappa shape index (κ1) is 10.3. The molecule has 0 N–H and O–H groups in total. The summed E-state index contributed by atoms with van der Waals surface area (Å²) < 4.78 is 38.7. The molecule has 1 aromatic rings. The standard InChI is InChI=1S/C8H5F3N2O/c1-5-4-13-7(2-6(5)3-12)14-8(9,10)11/h2,4H,1H3. The van der Waals surface area contributed by atoms with Gasteiger partial charge in [0.25, 0.3) is 0 Å². The van der Waals surface area contributed by atoms with Gasteiger partial charge in [-0.05, 0) is 12.5 Å². The molecule has 0 radical (unpaired) electrons. The molecule has 6 heteroatoms. The summed E-state index contributed by atoms with van der Waals surface area (Å²) in [5, 5.41) is 8.53. The fourth-order valence-corrected chi connectivity index (χ4v) is 0.799. The van der Waals surface area contributed by atoms with Crippen molar-refractivity contribution in [3.63, 3.8) is 0 Å². The van der Waals surface area contributed by atoms with Crippen molar-refractivity contribution in [2.75, 3.05) is 0 Å². The normalized spacial score (nSPS) is 10.8. The summed E-state index contributed by atoms with van der Waals surface area (Å²) in [6.07, 6.45) is -3.63. The molecule has 74 valence electrons. The lowest BCUT2D eigenvalue weighted by Gasteiger charge is -2.07. The number of pyridine rings is 1. The van der Waals surface area contributed by atoms with E-state index in [1.807, 2.05) is 0 Å². The highest BCUT2D eigenvalue weighted by Crippen LogP contribution is 2.21. The van der Waals surface area contributed by atoms with Gasteiger partial charge >= 0.3 is 6.36 Å². The van der Waals surface area contributed by atoms with Crippen LogP contribution in [0.15, 0.2) is 12.3 Å². The second-order valence-corrected chi connectivity index (χ2v) is 2.50. The van der Waals surface area contributed by atoms with Gasteiger partial charge in [-0.2, -0.15) is 5.26 Å². The van der Waals surface area contributed by atoms with Crippen molar-refractivity contribution in [1.29, 1.82) is 5.26 Å². The minimum Gasteiger partial charge on any atom is -0.388 e. The number of aromatic nitrogens is 1. The molecule has 1 heterocycles. The number of hydrogen-bond donors (Lipinski definition) is 0. The highest BCUT2D eigenvalue weighted by atomic mass is 19.4. The van der Waals surface area contributed by atoms with Crippen molar-refractivity contribution in [2.45, 2.75) is 13.3 Å². The molecule has 0 aliphatic rings. The van der Waals surface area contributed by atoms with Crippen molar-refractivity contribution in [1.82, 2.24) is 4.98 Å². The van der Waals surface area contributed by atoms with Crippen molar-refractivity contribution >= 4 is 0 Å². The van der Waals surface area contributed by atoms with Gasteiger partial charge in [-0.1, -0.05) is 0 Å². The monoisotopic (exact) mass is 202 g/mol. The summed E-state index contributed by atoms with van der Waals surface area (Å²) in [6, 6.07) is 2.68. The maximum Gasteiger partial charge on any atom is 0.574 e. The summed E-state index contributed by atoms with van der Waals surface area (Å²) in [5.41, 5.74) is 0.612. The lowest BCUT2D eigenvalue weighted by atomic mass is 10.2. The first-order valence-corrected chi connectivity index (χ1v) is 3.55. The Kier molecular flexibility index (Phi) is 2.60. The van der Waals surface area contributed by atoms with Crippen LogP contribution in [0.1, 0.15) is 11.1 Å². The van der Waals surface area contributed by atoms with Crippen molar-refractivity contribution in [3.8, 4) is 11.9 Å². The molecule has 0 aliphatic carbocycles. The van der Waals surface area contributed by atoms with Crippen LogP contribution >= 0.6 is 0 Å². The van der Waals surface area contributed by atoms with E-state index in [1.54, 1.807) is 13.0 Å². The maximum atomic E-state index is 11.7. The van der Waals surface area contributed by atoms with Crippen LogP contribution in [0.2, 0.25) is 0 Å². The van der Waals surface area contributed by atoms with Gasteiger partial charge in [0.1, 0.15) is 0 Å². The molecule has 0 aliphatic heterocycles. The maximum absolute atomic E-state index is 11.7. The Morgan fingerprint density at radius 3 is 2.64 bits per heavy atom. The molecule has 0 saturated heterocycles. The number of nitriles is 1. The van der Waals surface area contributed by atoms with E-state index in [0.29, 0.717) is 5.56 Å². The highest BCUT2D eigenvalue weighted by molar-refractivity contribution is 5.38. The number of halogens is 3. The molecule has 0 saturated carbocycles. The van der Waals surface area contributed by atoms with Crippen LogP contribution in [0, 0.1) is 18.3 Å². The molecule has 0 aromatic carbocycles. The van der Waals surface area contributed by atoms with E-state index in [4.69, 9.17) is 5.26 Å². The molecule has 3 nitrogen and oxygen atoms in total. The summed E-state index contributed by atoms with van der Waals surface area (Å²) in [4.78, 5) is 3.38. The van der Waals surface area contributed by atoms with E-state index < -0.39 is 12.2 Å². The first-order chi connectivity index (χ1) is 6.42. The van der Waals surface area contributed by atoms with Crippen molar-refractivity contribution < 1.29 is 17.9 Å². The zero-order valence-corrected chi connectivity index (χ0v) is 7.09. The van der Waals surface area contributed by atoms with E-state index in [2.05, 4.69) is 9.72 Å². The predicted molar refractivity (Wildman–Crippen MR) is 40.4 cm³/mol. The highest BCUT2D eigenvalue weighted by Gasteiger charge is 2.31. The fourth-order valence-electron chi connectivity index (χ4n) is 0.799. The lowest BCUT2D eigenvalue weighted by Crippen LogP contribution is -2.18. The zero-order valence-electron chi connectivity index (χ0n) is 7.09. The quantitative estimate of drug-likeness (QED) is 0.700. The molecule has 0 spiro atoms. The largest absolute Gasteiger partial charge is 0.574 e. The third-order valence-corrected chi connectivity index (χ3v) is 1.42. The van der Waals surface area contributed by atoms with Gasteiger partial charge in [-0.3, -0.25) is 0 Å². The van der Waals surface area contributed by atoms with E-state index in [9.17, 15) is 13.2 Å². The van der Waals surface area contributed by atoms with E-state index >= 15 is 0 Å². The van der Waals surface area contributed by atoms with Gasteiger partial charge in [0.15, 0.2) is 0 Å². The summed E-state index contributed by atoms with van der Waals surface area (Å²) in [5.74, 6) is -0.625. The Bertz CT molecular complexity index is 381. The topological polar surface area (TPSA) is 45.9 Å². The number of nitrogens with zero attached hydrogens (tertiary/aromatic N) is 2. The van der Waals surface area contributed by atoms with Crippen LogP contribution < -0.4 is 4.74 Å². The van der Waals surface area contributed by atoms with Crippen molar-refractivity contribution in [2.24, 2.45) is 0 Å². The Balaban J connectivity index is 2.97. The average Bonchev–Trinajstić information content (AvgIpc) is 2.06. The van der Waals surface area contributed by atoms with Crippen molar-refractivity contribution in [3.05, 3.63) is 23.4 Å². The van der Waals surface area contributed by atoms with Gasteiger partial charge in [0.05, 0.1) is 11.6 Å². The number of aryl methyl sites for hydroxylation is 1. The Morgan fingerprint density at radius 2 is 2.14 bits per heavy atom. The van der Waals surface area contributed by atoms with Gasteiger partial charge in [0, 0.05) is 12.3 Å². The summed E-state index contributed by atoms with van der Waals surface area (Å²) in [7, 11) is 0. The Hall–Kier alpha value is -1.77. The third kappa shape index (κ3) is 2.62. The lowest BCUT2D eigenvalue weighted by molar-refractivity contribution is -0.276. The number of ether oxygens (including phenoxy) is 1. The molecule has 0 bridgehead atoms. The van der Waals surface area contributed by atoms with Gasteiger partial charge in [-0.15, -0.1) is 13.2 Å². The Morgan fingerprint density at radius 1 is 1.50 bits per heavy atom.